The molecule has 0 radical (unpaired) electrons. The normalized spacial score (nSPS) is 17.1. The maximum atomic E-state index is 11.7. The van der Waals surface area contributed by atoms with Crippen molar-refractivity contribution in [2.45, 2.75) is 32.9 Å². The van der Waals surface area contributed by atoms with Gasteiger partial charge in [-0.1, -0.05) is 12.1 Å². The monoisotopic (exact) mass is 575 g/mol. The molecule has 2 aromatic carbocycles. The Morgan fingerprint density at radius 3 is 2.40 bits per heavy atom. The lowest BCUT2D eigenvalue weighted by atomic mass is 9.96. The van der Waals surface area contributed by atoms with Crippen molar-refractivity contribution in [3.63, 3.8) is 0 Å². The number of pyridine rings is 1. The maximum Gasteiger partial charge on any atom is 0.335 e. The first kappa shape index (κ1) is 27.4. The van der Waals surface area contributed by atoms with Crippen LogP contribution < -0.4 is 14.9 Å². The fraction of sp³-hybridized carbons (Fsp3) is 0.207. The highest BCUT2D eigenvalue weighted by Crippen LogP contribution is 2.44. The number of aromatic carboxylic acids is 1. The van der Waals surface area contributed by atoms with E-state index in [4.69, 9.17) is 12.2 Å². The van der Waals surface area contributed by atoms with Gasteiger partial charge in [0.15, 0.2) is 5.11 Å². The van der Waals surface area contributed by atoms with E-state index in [9.17, 15) is 18.3 Å². The van der Waals surface area contributed by atoms with Gasteiger partial charge in [0.25, 0.3) is 0 Å². The lowest BCUT2D eigenvalue weighted by Gasteiger charge is -2.28. The lowest BCUT2D eigenvalue weighted by molar-refractivity contribution is 0.0697. The predicted octanol–water partition coefficient (Wildman–Crippen LogP) is 5.04. The highest BCUT2D eigenvalue weighted by Gasteiger charge is 2.42. The Kier molecular flexibility index (Phi) is 7.11. The van der Waals surface area contributed by atoms with E-state index in [1.165, 1.54) is 0 Å². The van der Waals surface area contributed by atoms with Gasteiger partial charge in [0.05, 0.1) is 29.6 Å². The summed E-state index contributed by atoms with van der Waals surface area (Å²) in [6, 6.07) is 19.5. The molecule has 2 aromatic heterocycles. The predicted molar refractivity (Wildman–Crippen MR) is 160 cm³/mol. The van der Waals surface area contributed by atoms with Gasteiger partial charge in [-0.2, -0.15) is 0 Å². The Morgan fingerprint density at radius 2 is 1.77 bits per heavy atom. The van der Waals surface area contributed by atoms with Crippen molar-refractivity contribution >= 4 is 44.7 Å². The SMILES string of the molecule is Cc1ccc(C(=O)O)cc1-n1c(C)cc([C@H]2[C@@H](c3ccccn3)NC(=S)N2c2ccc(NS(C)(=O)=O)cc2)c1C. The van der Waals surface area contributed by atoms with Gasteiger partial charge < -0.3 is 19.9 Å². The topological polar surface area (TPSA) is 117 Å². The van der Waals surface area contributed by atoms with Crippen LogP contribution in [0.15, 0.2) is 72.9 Å². The minimum atomic E-state index is -3.41. The molecule has 206 valence electrons. The Bertz CT molecular complexity index is 1720. The number of anilines is 2. The molecule has 2 atom stereocenters. The van der Waals surface area contributed by atoms with Gasteiger partial charge in [0, 0.05) is 34.6 Å². The first-order valence-electron chi connectivity index (χ1n) is 12.6. The third kappa shape index (κ3) is 5.17. The number of benzene rings is 2. The zero-order chi connectivity index (χ0) is 28.8. The van der Waals surface area contributed by atoms with Crippen LogP contribution in [0.3, 0.4) is 0 Å². The first-order valence-corrected chi connectivity index (χ1v) is 14.9. The van der Waals surface area contributed by atoms with E-state index in [-0.39, 0.29) is 17.6 Å². The van der Waals surface area contributed by atoms with Gasteiger partial charge in [0.2, 0.25) is 10.0 Å². The van der Waals surface area contributed by atoms with Crippen molar-refractivity contribution in [3.8, 4) is 5.69 Å². The molecule has 3 heterocycles. The Morgan fingerprint density at radius 1 is 1.05 bits per heavy atom. The van der Waals surface area contributed by atoms with Crippen molar-refractivity contribution in [1.29, 1.82) is 0 Å². The Hall–Kier alpha value is -4.22. The van der Waals surface area contributed by atoms with E-state index >= 15 is 0 Å². The number of aromatic nitrogens is 2. The summed E-state index contributed by atoms with van der Waals surface area (Å²) in [6.07, 6.45) is 2.85. The molecule has 3 N–H and O–H groups in total. The van der Waals surface area contributed by atoms with E-state index in [1.807, 2.05) is 62.1 Å². The summed E-state index contributed by atoms with van der Waals surface area (Å²) < 4.78 is 28.0. The average Bonchev–Trinajstić information content (AvgIpc) is 3.39. The first-order chi connectivity index (χ1) is 18.9. The average molecular weight is 576 g/mol. The van der Waals surface area contributed by atoms with E-state index in [2.05, 4.69) is 25.7 Å². The highest BCUT2D eigenvalue weighted by atomic mass is 32.2. The van der Waals surface area contributed by atoms with Crippen LogP contribution in [0.1, 0.15) is 50.7 Å². The largest absolute Gasteiger partial charge is 0.478 e. The van der Waals surface area contributed by atoms with Crippen molar-refractivity contribution in [2.24, 2.45) is 0 Å². The van der Waals surface area contributed by atoms with E-state index < -0.39 is 16.0 Å². The standard InChI is InChI=1S/C29H29N5O4S2/c1-17-8-9-20(28(35)36)16-25(17)33-18(2)15-23(19(33)3)27-26(24-7-5-6-14-30-24)31-29(39)34(27)22-12-10-21(11-13-22)32-40(4,37)38/h5-16,26-27,32H,1-4H3,(H,31,39)(H,35,36)/t26-,27+/m1/s1. The maximum absolute atomic E-state index is 11.7. The summed E-state index contributed by atoms with van der Waals surface area (Å²) in [5, 5.41) is 13.6. The van der Waals surface area contributed by atoms with Crippen molar-refractivity contribution < 1.29 is 18.3 Å². The van der Waals surface area contributed by atoms with Crippen LogP contribution in [-0.4, -0.2) is 40.4 Å². The van der Waals surface area contributed by atoms with Crippen LogP contribution in [0.2, 0.25) is 0 Å². The minimum absolute atomic E-state index is 0.217. The second kappa shape index (κ2) is 10.4. The molecule has 0 saturated carbocycles. The lowest BCUT2D eigenvalue weighted by Crippen LogP contribution is -2.29. The van der Waals surface area contributed by atoms with Gasteiger partial charge in [-0.25, -0.2) is 13.2 Å². The van der Waals surface area contributed by atoms with Crippen LogP contribution >= 0.6 is 12.2 Å². The van der Waals surface area contributed by atoms with Crippen molar-refractivity contribution in [3.05, 3.63) is 107 Å². The molecule has 9 nitrogen and oxygen atoms in total. The zero-order valence-corrected chi connectivity index (χ0v) is 24.0. The number of carboxylic acid groups (broad SMARTS) is 1. The van der Waals surface area contributed by atoms with Gasteiger partial charge in [0.1, 0.15) is 0 Å². The molecule has 40 heavy (non-hydrogen) atoms. The number of hydrogen-bond acceptors (Lipinski definition) is 5. The third-order valence-corrected chi connectivity index (χ3v) is 7.95. The molecule has 1 aliphatic heterocycles. The Balaban J connectivity index is 1.65. The third-order valence-electron chi connectivity index (χ3n) is 7.03. The second-order valence-corrected chi connectivity index (χ2v) is 12.0. The number of aryl methyl sites for hydroxylation is 2. The number of sulfonamides is 1. The number of thiocarbonyl (C=S) groups is 1. The van der Waals surface area contributed by atoms with E-state index in [1.54, 1.807) is 30.5 Å². The van der Waals surface area contributed by atoms with E-state index in [0.29, 0.717) is 10.8 Å². The summed E-state index contributed by atoms with van der Waals surface area (Å²) in [6.45, 7) is 5.97. The van der Waals surface area contributed by atoms with Gasteiger partial charge in [-0.15, -0.1) is 0 Å². The Labute approximate surface area is 238 Å². The molecule has 1 fully saturated rings. The highest BCUT2D eigenvalue weighted by molar-refractivity contribution is 7.92. The molecule has 11 heteroatoms. The zero-order valence-electron chi connectivity index (χ0n) is 22.4. The number of carbonyl (C=O) groups is 1. The molecule has 1 aliphatic rings. The van der Waals surface area contributed by atoms with Crippen LogP contribution in [0.25, 0.3) is 5.69 Å². The van der Waals surface area contributed by atoms with Gasteiger partial charge >= 0.3 is 5.97 Å². The smallest absolute Gasteiger partial charge is 0.335 e. The number of nitrogens with zero attached hydrogens (tertiary/aromatic N) is 3. The molecule has 5 rings (SSSR count). The molecule has 0 aliphatic carbocycles. The molecule has 0 amide bonds. The van der Waals surface area contributed by atoms with Crippen LogP contribution in [0, 0.1) is 20.8 Å². The fourth-order valence-corrected chi connectivity index (χ4v) is 6.20. The van der Waals surface area contributed by atoms with Crippen LogP contribution in [0.4, 0.5) is 11.4 Å². The van der Waals surface area contributed by atoms with E-state index in [0.717, 1.165) is 45.8 Å². The fourth-order valence-electron chi connectivity index (χ4n) is 5.29. The van der Waals surface area contributed by atoms with Crippen molar-refractivity contribution in [1.82, 2.24) is 14.9 Å². The van der Waals surface area contributed by atoms with Crippen molar-refractivity contribution in [2.75, 3.05) is 15.9 Å². The number of carboxylic acids is 1. The summed E-state index contributed by atoms with van der Waals surface area (Å²) in [5.74, 6) is -0.982. The quantitative estimate of drug-likeness (QED) is 0.262. The van der Waals surface area contributed by atoms with Gasteiger partial charge in [-0.05, 0) is 98.7 Å². The number of hydrogen-bond donors (Lipinski definition) is 3. The summed E-state index contributed by atoms with van der Waals surface area (Å²) >= 11 is 5.84. The second-order valence-electron chi connectivity index (χ2n) is 9.89. The summed E-state index contributed by atoms with van der Waals surface area (Å²) in [5.41, 5.74) is 6.92. The molecule has 0 unspecified atom stereocenters. The summed E-state index contributed by atoms with van der Waals surface area (Å²) in [4.78, 5) is 18.4. The van der Waals surface area contributed by atoms with Gasteiger partial charge in [-0.3, -0.25) is 9.71 Å². The van der Waals surface area contributed by atoms with Crippen LogP contribution in [0.5, 0.6) is 0 Å². The molecule has 0 spiro atoms. The number of nitrogens with one attached hydrogen (secondary N) is 2. The molecule has 0 bridgehead atoms. The number of rotatable bonds is 7. The molecular formula is C29H29N5O4S2. The molecule has 4 aromatic rings. The summed E-state index contributed by atoms with van der Waals surface area (Å²) in [7, 11) is -3.41. The molecular weight excluding hydrogens is 546 g/mol. The minimum Gasteiger partial charge on any atom is -0.478 e. The molecule has 1 saturated heterocycles. The van der Waals surface area contributed by atoms with Crippen LogP contribution in [-0.2, 0) is 10.0 Å².